The van der Waals surface area contributed by atoms with E-state index in [0.717, 1.165) is 28.4 Å². The number of carbonyl (C=O) groups is 1. The Hall–Kier alpha value is -4.37. The molecule has 0 aliphatic carbocycles. The number of halogens is 1. The molecule has 0 spiro atoms. The molecule has 1 amide bonds. The number of anilines is 2. The van der Waals surface area contributed by atoms with Crippen LogP contribution >= 0.6 is 0 Å². The number of benzene rings is 4. The number of rotatable bonds is 8. The molecule has 0 radical (unpaired) electrons. The van der Waals surface area contributed by atoms with E-state index in [-0.39, 0.29) is 23.1 Å². The smallest absolute Gasteiger partial charge is 0.262 e. The second-order valence-electron chi connectivity index (χ2n) is 8.41. The molecular weight excluding hydrogens is 493 g/mol. The fourth-order valence-corrected chi connectivity index (χ4v) is 5.32. The van der Waals surface area contributed by atoms with Gasteiger partial charge in [-0.25, -0.2) is 12.8 Å². The lowest BCUT2D eigenvalue weighted by molar-refractivity contribution is -0.118. The van der Waals surface area contributed by atoms with Gasteiger partial charge in [-0.1, -0.05) is 18.2 Å². The van der Waals surface area contributed by atoms with Crippen molar-refractivity contribution in [2.24, 2.45) is 0 Å². The van der Waals surface area contributed by atoms with Crippen LogP contribution < -0.4 is 14.8 Å². The van der Waals surface area contributed by atoms with E-state index < -0.39 is 15.8 Å². The van der Waals surface area contributed by atoms with Gasteiger partial charge in [0.15, 0.2) is 6.61 Å². The highest BCUT2D eigenvalue weighted by molar-refractivity contribution is 7.92. The molecule has 5 rings (SSSR count). The van der Waals surface area contributed by atoms with Crippen LogP contribution in [0.15, 0.2) is 95.9 Å². The monoisotopic (exact) mass is 517 g/mol. The summed E-state index contributed by atoms with van der Waals surface area (Å²) >= 11 is 0. The minimum atomic E-state index is -3.86. The molecule has 7 nitrogen and oxygen atoms in total. The minimum Gasteiger partial charge on any atom is -0.484 e. The SMILES string of the molecule is CCn1c2ccccc2c2cc(NC(=O)COc3ccc(S(=O)(=O)Nc4ccc(F)cc4)cc3)ccc21. The molecule has 0 fully saturated rings. The van der Waals surface area contributed by atoms with E-state index in [2.05, 4.69) is 33.7 Å². The zero-order valence-electron chi connectivity index (χ0n) is 19.9. The first kappa shape index (κ1) is 24.3. The number of aryl methyl sites for hydroxylation is 1. The van der Waals surface area contributed by atoms with E-state index in [4.69, 9.17) is 4.74 Å². The first-order valence-electron chi connectivity index (χ1n) is 11.7. The van der Waals surface area contributed by atoms with E-state index in [0.29, 0.717) is 11.4 Å². The van der Waals surface area contributed by atoms with E-state index in [1.165, 1.54) is 48.5 Å². The van der Waals surface area contributed by atoms with Gasteiger partial charge in [0.1, 0.15) is 11.6 Å². The van der Waals surface area contributed by atoms with Crippen molar-refractivity contribution in [3.8, 4) is 5.75 Å². The lowest BCUT2D eigenvalue weighted by atomic mass is 10.1. The number of aromatic nitrogens is 1. The summed E-state index contributed by atoms with van der Waals surface area (Å²) in [6.07, 6.45) is 0. The van der Waals surface area contributed by atoms with Crippen LogP contribution in [0.25, 0.3) is 21.8 Å². The standard InChI is InChI=1S/C28H24FN3O4S/c1-2-32-26-6-4-3-5-24(26)25-17-21(11-16-27(25)32)30-28(33)18-36-22-12-14-23(15-13-22)37(34,35)31-20-9-7-19(29)8-10-20/h3-17,31H,2,18H2,1H3,(H,30,33). The number of hydrogen-bond donors (Lipinski definition) is 2. The summed E-state index contributed by atoms with van der Waals surface area (Å²) in [7, 11) is -3.86. The number of nitrogens with zero attached hydrogens (tertiary/aromatic N) is 1. The minimum absolute atomic E-state index is 0.00757. The summed E-state index contributed by atoms with van der Waals surface area (Å²) in [6.45, 7) is 2.70. The van der Waals surface area contributed by atoms with Crippen LogP contribution in [0.2, 0.25) is 0 Å². The molecule has 0 aliphatic rings. The number of amides is 1. The molecule has 5 aromatic rings. The maximum Gasteiger partial charge on any atom is 0.262 e. The maximum atomic E-state index is 13.1. The van der Waals surface area contributed by atoms with Gasteiger partial charge in [0.25, 0.3) is 15.9 Å². The zero-order chi connectivity index (χ0) is 26.0. The van der Waals surface area contributed by atoms with E-state index in [9.17, 15) is 17.6 Å². The number of nitrogens with one attached hydrogen (secondary N) is 2. The molecule has 1 heterocycles. The fraction of sp³-hybridized carbons (Fsp3) is 0.107. The molecule has 4 aromatic carbocycles. The van der Waals surface area contributed by atoms with Crippen molar-refractivity contribution in [1.82, 2.24) is 4.57 Å². The average molecular weight is 518 g/mol. The number of ether oxygens (including phenoxy) is 1. The Labute approximate surface area is 213 Å². The molecule has 0 atom stereocenters. The molecule has 0 saturated heterocycles. The molecule has 37 heavy (non-hydrogen) atoms. The van der Waals surface area contributed by atoms with Gasteiger partial charge in [0.2, 0.25) is 0 Å². The summed E-state index contributed by atoms with van der Waals surface area (Å²) in [5, 5.41) is 5.04. The lowest BCUT2D eigenvalue weighted by Gasteiger charge is -2.10. The Morgan fingerprint density at radius 2 is 1.54 bits per heavy atom. The normalized spacial score (nSPS) is 11.5. The largest absolute Gasteiger partial charge is 0.484 e. The number of carbonyl (C=O) groups excluding carboxylic acids is 1. The molecule has 0 bridgehead atoms. The molecule has 188 valence electrons. The highest BCUT2D eigenvalue weighted by atomic mass is 32.2. The van der Waals surface area contributed by atoms with Crippen LogP contribution in [0, 0.1) is 5.82 Å². The highest BCUT2D eigenvalue weighted by Gasteiger charge is 2.15. The second-order valence-corrected chi connectivity index (χ2v) is 10.1. The van der Waals surface area contributed by atoms with Gasteiger partial charge in [-0.15, -0.1) is 0 Å². The van der Waals surface area contributed by atoms with E-state index >= 15 is 0 Å². The van der Waals surface area contributed by atoms with Crippen molar-refractivity contribution in [2.45, 2.75) is 18.4 Å². The first-order valence-corrected chi connectivity index (χ1v) is 13.1. The van der Waals surface area contributed by atoms with Crippen LogP contribution in [-0.2, 0) is 21.4 Å². The van der Waals surface area contributed by atoms with Crippen molar-refractivity contribution in [3.05, 3.63) is 96.8 Å². The highest BCUT2D eigenvalue weighted by Crippen LogP contribution is 2.31. The van der Waals surface area contributed by atoms with Gasteiger partial charge < -0.3 is 14.6 Å². The van der Waals surface area contributed by atoms with Crippen molar-refractivity contribution in [3.63, 3.8) is 0 Å². The molecule has 0 saturated carbocycles. The quantitative estimate of drug-likeness (QED) is 0.273. The molecule has 0 unspecified atom stereocenters. The van der Waals surface area contributed by atoms with Gasteiger partial charge >= 0.3 is 0 Å². The van der Waals surface area contributed by atoms with Crippen molar-refractivity contribution < 1.29 is 22.3 Å². The van der Waals surface area contributed by atoms with Gasteiger partial charge in [-0.2, -0.15) is 0 Å². The summed E-state index contributed by atoms with van der Waals surface area (Å²) in [5.41, 5.74) is 3.15. The van der Waals surface area contributed by atoms with Crippen LogP contribution in [0.4, 0.5) is 15.8 Å². The molecule has 2 N–H and O–H groups in total. The Kier molecular flexibility index (Phi) is 6.54. The van der Waals surface area contributed by atoms with Crippen molar-refractivity contribution >= 4 is 49.1 Å². The van der Waals surface area contributed by atoms with Crippen molar-refractivity contribution in [1.29, 1.82) is 0 Å². The Morgan fingerprint density at radius 1 is 0.865 bits per heavy atom. The molecule has 9 heteroatoms. The predicted octanol–water partition coefficient (Wildman–Crippen LogP) is 5.77. The topological polar surface area (TPSA) is 89.4 Å². The number of hydrogen-bond acceptors (Lipinski definition) is 4. The Bertz CT molecular complexity index is 1700. The molecular formula is C28H24FN3O4S. The zero-order valence-corrected chi connectivity index (χ0v) is 20.8. The fourth-order valence-electron chi connectivity index (χ4n) is 4.27. The van der Waals surface area contributed by atoms with Crippen LogP contribution in [0.3, 0.4) is 0 Å². The molecule has 0 aliphatic heterocycles. The lowest BCUT2D eigenvalue weighted by Crippen LogP contribution is -2.20. The summed E-state index contributed by atoms with van der Waals surface area (Å²) in [4.78, 5) is 12.5. The maximum absolute atomic E-state index is 13.1. The second kappa shape index (κ2) is 9.94. The van der Waals surface area contributed by atoms with Crippen LogP contribution in [-0.4, -0.2) is 25.5 Å². The summed E-state index contributed by atoms with van der Waals surface area (Å²) < 4.78 is 48.3. The first-order chi connectivity index (χ1) is 17.8. The predicted molar refractivity (Wildman–Crippen MR) is 143 cm³/mol. The van der Waals surface area contributed by atoms with E-state index in [1.54, 1.807) is 0 Å². The number of fused-ring (bicyclic) bond motifs is 3. The van der Waals surface area contributed by atoms with Gasteiger partial charge in [0, 0.05) is 39.7 Å². The van der Waals surface area contributed by atoms with Crippen LogP contribution in [0.5, 0.6) is 5.75 Å². The summed E-state index contributed by atoms with van der Waals surface area (Å²) in [6, 6.07) is 24.7. The van der Waals surface area contributed by atoms with Gasteiger partial charge in [0.05, 0.1) is 4.90 Å². The van der Waals surface area contributed by atoms with Crippen LogP contribution in [0.1, 0.15) is 6.92 Å². The number of para-hydroxylation sites is 1. The third-order valence-corrected chi connectivity index (χ3v) is 7.37. The average Bonchev–Trinajstić information content (AvgIpc) is 3.22. The number of sulfonamides is 1. The molecule has 1 aromatic heterocycles. The van der Waals surface area contributed by atoms with Gasteiger partial charge in [-0.3, -0.25) is 9.52 Å². The van der Waals surface area contributed by atoms with Crippen molar-refractivity contribution in [2.75, 3.05) is 16.6 Å². The summed E-state index contributed by atoms with van der Waals surface area (Å²) in [5.74, 6) is -0.455. The van der Waals surface area contributed by atoms with Gasteiger partial charge in [-0.05, 0) is 79.7 Å². The Morgan fingerprint density at radius 3 is 2.27 bits per heavy atom. The third kappa shape index (κ3) is 5.12. The van der Waals surface area contributed by atoms with E-state index in [1.807, 2.05) is 30.3 Å². The Balaban J connectivity index is 1.23. The third-order valence-electron chi connectivity index (χ3n) is 5.97.